The molecule has 0 spiro atoms. The third-order valence-corrected chi connectivity index (χ3v) is 1.64. The molecule has 15 heavy (non-hydrogen) atoms. The number of pyridine rings is 1. The highest BCUT2D eigenvalue weighted by Gasteiger charge is 2.59. The van der Waals surface area contributed by atoms with Gasteiger partial charge in [0, 0.05) is 12.4 Å². The smallest absolute Gasteiger partial charge is 0.263 e. The van der Waals surface area contributed by atoms with Crippen LogP contribution in [-0.4, -0.2) is 11.2 Å². The summed E-state index contributed by atoms with van der Waals surface area (Å²) < 4.78 is 61.5. The molecule has 0 radical (unpaired) electrons. The third-order valence-electron chi connectivity index (χ3n) is 1.64. The van der Waals surface area contributed by atoms with E-state index in [0.29, 0.717) is 12.3 Å². The minimum absolute atomic E-state index is 0.478. The Balaban J connectivity index is 3.34. The van der Waals surface area contributed by atoms with Crippen molar-refractivity contribution in [3.8, 4) is 6.07 Å². The summed E-state index contributed by atoms with van der Waals surface area (Å²) in [6.45, 7) is 0. The van der Waals surface area contributed by atoms with Crippen molar-refractivity contribution in [3.63, 3.8) is 0 Å². The lowest BCUT2D eigenvalue weighted by Gasteiger charge is -2.20. The number of halogens is 5. The van der Waals surface area contributed by atoms with Gasteiger partial charge in [-0.3, -0.25) is 4.98 Å². The summed E-state index contributed by atoms with van der Waals surface area (Å²) in [5.74, 6) is -5.04. The Morgan fingerprint density at radius 1 is 1.20 bits per heavy atom. The molecule has 0 aliphatic heterocycles. The molecule has 1 aromatic heterocycles. The first-order chi connectivity index (χ1) is 6.80. The molecule has 0 saturated carbocycles. The van der Waals surface area contributed by atoms with Crippen molar-refractivity contribution < 1.29 is 22.0 Å². The molecule has 1 aromatic rings. The predicted molar refractivity (Wildman–Crippen MR) is 38.9 cm³/mol. The second kappa shape index (κ2) is 3.46. The van der Waals surface area contributed by atoms with Crippen molar-refractivity contribution in [3.05, 3.63) is 29.6 Å². The van der Waals surface area contributed by atoms with Crippen LogP contribution in [-0.2, 0) is 5.92 Å². The summed E-state index contributed by atoms with van der Waals surface area (Å²) in [7, 11) is 0. The number of alkyl halides is 5. The largest absolute Gasteiger partial charge is 0.458 e. The van der Waals surface area contributed by atoms with Crippen LogP contribution in [0.1, 0.15) is 11.1 Å². The van der Waals surface area contributed by atoms with E-state index in [9.17, 15) is 22.0 Å². The zero-order valence-corrected chi connectivity index (χ0v) is 7.02. The zero-order chi connectivity index (χ0) is 11.7. The number of nitrogens with zero attached hydrogens (tertiary/aromatic N) is 2. The van der Waals surface area contributed by atoms with E-state index in [2.05, 4.69) is 4.98 Å². The SMILES string of the molecule is N#Cc1cnccc1C(F)(F)C(F)(F)F. The van der Waals surface area contributed by atoms with Crippen molar-refractivity contribution in [2.75, 3.05) is 0 Å². The first kappa shape index (κ1) is 11.4. The van der Waals surface area contributed by atoms with E-state index in [0.717, 1.165) is 6.20 Å². The predicted octanol–water partition coefficient (Wildman–Crippen LogP) is 2.61. The third kappa shape index (κ3) is 1.88. The van der Waals surface area contributed by atoms with E-state index in [1.807, 2.05) is 0 Å². The summed E-state index contributed by atoms with van der Waals surface area (Å²) in [4.78, 5) is 3.29. The Labute approximate surface area is 81.0 Å². The zero-order valence-electron chi connectivity index (χ0n) is 7.02. The molecule has 0 unspecified atom stereocenters. The van der Waals surface area contributed by atoms with Gasteiger partial charge in [0.2, 0.25) is 0 Å². The van der Waals surface area contributed by atoms with E-state index in [4.69, 9.17) is 5.26 Å². The lowest BCUT2D eigenvalue weighted by Crippen LogP contribution is -2.34. The highest BCUT2D eigenvalue weighted by atomic mass is 19.4. The minimum Gasteiger partial charge on any atom is -0.263 e. The van der Waals surface area contributed by atoms with Gasteiger partial charge in [-0.25, -0.2) is 0 Å². The van der Waals surface area contributed by atoms with Gasteiger partial charge < -0.3 is 0 Å². The fourth-order valence-electron chi connectivity index (χ4n) is 0.910. The van der Waals surface area contributed by atoms with Crippen molar-refractivity contribution in [1.29, 1.82) is 5.26 Å². The molecule has 0 fully saturated rings. The van der Waals surface area contributed by atoms with Crippen molar-refractivity contribution in [2.45, 2.75) is 12.1 Å². The molecule has 0 aliphatic carbocycles. The number of hydrogen-bond donors (Lipinski definition) is 0. The van der Waals surface area contributed by atoms with E-state index in [1.54, 1.807) is 0 Å². The molecule has 0 N–H and O–H groups in total. The highest BCUT2D eigenvalue weighted by molar-refractivity contribution is 5.38. The molecule has 80 valence electrons. The van der Waals surface area contributed by atoms with Gasteiger partial charge in [-0.1, -0.05) is 0 Å². The Kier molecular flexibility index (Phi) is 2.62. The molecule has 1 rings (SSSR count). The fraction of sp³-hybridized carbons (Fsp3) is 0.250. The fourth-order valence-corrected chi connectivity index (χ4v) is 0.910. The maximum atomic E-state index is 12.8. The van der Waals surface area contributed by atoms with Gasteiger partial charge >= 0.3 is 12.1 Å². The van der Waals surface area contributed by atoms with E-state index >= 15 is 0 Å². The van der Waals surface area contributed by atoms with Crippen LogP contribution in [0.2, 0.25) is 0 Å². The quantitative estimate of drug-likeness (QED) is 0.685. The van der Waals surface area contributed by atoms with Crippen LogP contribution >= 0.6 is 0 Å². The number of hydrogen-bond acceptors (Lipinski definition) is 2. The Hall–Kier alpha value is -1.71. The molecule has 7 heteroatoms. The van der Waals surface area contributed by atoms with Crippen molar-refractivity contribution in [2.24, 2.45) is 0 Å². The van der Waals surface area contributed by atoms with E-state index in [1.165, 1.54) is 6.07 Å². The maximum Gasteiger partial charge on any atom is 0.458 e. The average Bonchev–Trinajstić information content (AvgIpc) is 2.16. The summed E-state index contributed by atoms with van der Waals surface area (Å²) in [5.41, 5.74) is -2.17. The molecule has 0 bridgehead atoms. The average molecular weight is 222 g/mol. The Morgan fingerprint density at radius 3 is 2.27 bits per heavy atom. The van der Waals surface area contributed by atoms with Crippen LogP contribution < -0.4 is 0 Å². The monoisotopic (exact) mass is 222 g/mol. The van der Waals surface area contributed by atoms with E-state index in [-0.39, 0.29) is 0 Å². The maximum absolute atomic E-state index is 12.8. The second-order valence-corrected chi connectivity index (χ2v) is 2.61. The highest BCUT2D eigenvalue weighted by Crippen LogP contribution is 2.44. The van der Waals surface area contributed by atoms with Crippen molar-refractivity contribution >= 4 is 0 Å². The molecular formula is C8H3F5N2. The number of rotatable bonds is 1. The van der Waals surface area contributed by atoms with Crippen LogP contribution in [0, 0.1) is 11.3 Å². The topological polar surface area (TPSA) is 36.7 Å². The summed E-state index contributed by atoms with van der Waals surface area (Å²) >= 11 is 0. The van der Waals surface area contributed by atoms with Gasteiger partial charge in [0.1, 0.15) is 6.07 Å². The normalized spacial score (nSPS) is 12.3. The van der Waals surface area contributed by atoms with Gasteiger partial charge in [-0.2, -0.15) is 27.2 Å². The summed E-state index contributed by atoms with van der Waals surface area (Å²) in [6.07, 6.45) is -4.29. The first-order valence-electron chi connectivity index (χ1n) is 3.60. The molecule has 1 heterocycles. The molecule has 2 nitrogen and oxygen atoms in total. The van der Waals surface area contributed by atoms with Gasteiger partial charge in [0.25, 0.3) is 0 Å². The Morgan fingerprint density at radius 2 is 1.80 bits per heavy atom. The number of aromatic nitrogens is 1. The molecular weight excluding hydrogens is 219 g/mol. The van der Waals surface area contributed by atoms with Gasteiger partial charge in [0.05, 0.1) is 11.1 Å². The van der Waals surface area contributed by atoms with Gasteiger partial charge in [-0.15, -0.1) is 0 Å². The van der Waals surface area contributed by atoms with Crippen LogP contribution in [0.4, 0.5) is 22.0 Å². The standard InChI is InChI=1S/C8H3F5N2/c9-7(10,8(11,12)13)6-1-2-15-4-5(6)3-14/h1-2,4H. The summed E-state index contributed by atoms with van der Waals surface area (Å²) in [6, 6.07) is 1.71. The molecule has 0 saturated heterocycles. The molecule has 0 atom stereocenters. The van der Waals surface area contributed by atoms with Gasteiger partial charge in [-0.05, 0) is 6.07 Å². The lowest BCUT2D eigenvalue weighted by atomic mass is 10.0. The number of nitriles is 1. The molecule has 0 aliphatic rings. The van der Waals surface area contributed by atoms with E-state index < -0.39 is 23.2 Å². The van der Waals surface area contributed by atoms with Crippen LogP contribution in [0.15, 0.2) is 18.5 Å². The first-order valence-corrected chi connectivity index (χ1v) is 3.60. The Bertz CT molecular complexity index is 404. The lowest BCUT2D eigenvalue weighted by molar-refractivity contribution is -0.289. The van der Waals surface area contributed by atoms with Crippen LogP contribution in [0.25, 0.3) is 0 Å². The van der Waals surface area contributed by atoms with Crippen LogP contribution in [0.5, 0.6) is 0 Å². The second-order valence-electron chi connectivity index (χ2n) is 2.61. The minimum atomic E-state index is -5.72. The summed E-state index contributed by atoms with van der Waals surface area (Å²) in [5, 5.41) is 8.36. The van der Waals surface area contributed by atoms with Crippen molar-refractivity contribution in [1.82, 2.24) is 4.98 Å². The molecule has 0 amide bonds. The van der Waals surface area contributed by atoms with Gasteiger partial charge in [0.15, 0.2) is 0 Å². The molecule has 0 aromatic carbocycles. The van der Waals surface area contributed by atoms with Crippen LogP contribution in [0.3, 0.4) is 0 Å².